The number of carbonyl (C=O) groups excluding carboxylic acids is 1. The Labute approximate surface area is 216 Å². The van der Waals surface area contributed by atoms with E-state index in [-0.39, 0.29) is 24.6 Å². The molecule has 0 radical (unpaired) electrons. The number of aromatic amines is 1. The second-order valence-electron chi connectivity index (χ2n) is 7.74. The van der Waals surface area contributed by atoms with Crippen molar-refractivity contribution in [2.45, 2.75) is 25.9 Å². The lowest BCUT2D eigenvalue weighted by atomic mass is 9.96. The van der Waals surface area contributed by atoms with Gasteiger partial charge < -0.3 is 25.3 Å². The average molecular weight is 596 g/mol. The summed E-state index contributed by atoms with van der Waals surface area (Å²) in [6, 6.07) is 11.1. The van der Waals surface area contributed by atoms with Crippen LogP contribution in [0.4, 0.5) is 11.4 Å². The summed E-state index contributed by atoms with van der Waals surface area (Å²) in [6.07, 6.45) is 1.79. The van der Waals surface area contributed by atoms with Crippen molar-refractivity contribution in [3.05, 3.63) is 73.8 Å². The molecule has 0 aliphatic carbocycles. The summed E-state index contributed by atoms with van der Waals surface area (Å²) in [6.45, 7) is 4.09. The number of pyridine rings is 1. The molecular formula is C23H23ClIN5O2S. The zero-order chi connectivity index (χ0) is 23.7. The summed E-state index contributed by atoms with van der Waals surface area (Å²) in [5.74, 6) is -0.272. The van der Waals surface area contributed by atoms with Crippen LogP contribution in [-0.4, -0.2) is 34.7 Å². The van der Waals surface area contributed by atoms with E-state index >= 15 is 0 Å². The van der Waals surface area contributed by atoms with Gasteiger partial charge in [-0.15, -0.1) is 0 Å². The second-order valence-corrected chi connectivity index (χ2v) is 9.62. The zero-order valence-corrected chi connectivity index (χ0v) is 22.0. The number of thiocarbonyl (C=S) groups is 1. The van der Waals surface area contributed by atoms with E-state index in [9.17, 15) is 4.79 Å². The van der Waals surface area contributed by atoms with Gasteiger partial charge in [-0.2, -0.15) is 0 Å². The number of aryl methyl sites for hydroxylation is 2. The molecule has 2 aromatic heterocycles. The van der Waals surface area contributed by atoms with E-state index in [1.807, 2.05) is 30.3 Å². The number of hydrogen-bond acceptors (Lipinski definition) is 4. The number of ether oxygens (including phenoxy) is 1. The number of amides is 1. The minimum Gasteiger partial charge on any atom is -0.375 e. The number of hydrogen-bond donors (Lipinski definition) is 3. The van der Waals surface area contributed by atoms with Crippen molar-refractivity contribution in [3.63, 3.8) is 0 Å². The van der Waals surface area contributed by atoms with Gasteiger partial charge in [0.25, 0.3) is 0 Å². The molecule has 1 amide bonds. The highest BCUT2D eigenvalue weighted by atomic mass is 127. The topological polar surface area (TPSA) is 82.3 Å². The number of nitrogens with zero attached hydrogens (tertiary/aromatic N) is 2. The fourth-order valence-electron chi connectivity index (χ4n) is 4.12. The van der Waals surface area contributed by atoms with Crippen LogP contribution in [0.5, 0.6) is 0 Å². The van der Waals surface area contributed by atoms with Gasteiger partial charge in [0, 0.05) is 39.5 Å². The first-order valence-electron chi connectivity index (χ1n) is 10.2. The number of rotatable bonds is 6. The molecule has 172 valence electrons. The predicted molar refractivity (Wildman–Crippen MR) is 143 cm³/mol. The molecule has 2 atom stereocenters. The largest absolute Gasteiger partial charge is 0.375 e. The van der Waals surface area contributed by atoms with Gasteiger partial charge in [-0.25, -0.2) is 0 Å². The molecule has 0 saturated carbocycles. The molecule has 10 heteroatoms. The maximum atomic E-state index is 11.9. The van der Waals surface area contributed by atoms with Gasteiger partial charge in [0.05, 0.1) is 28.5 Å². The van der Waals surface area contributed by atoms with Crippen LogP contribution in [0.3, 0.4) is 0 Å². The van der Waals surface area contributed by atoms with E-state index in [0.717, 1.165) is 31.9 Å². The first-order chi connectivity index (χ1) is 15.8. The maximum absolute atomic E-state index is 11.9. The number of halogens is 2. The lowest BCUT2D eigenvalue weighted by Gasteiger charge is -2.29. The molecule has 1 fully saturated rings. The van der Waals surface area contributed by atoms with E-state index in [0.29, 0.717) is 15.8 Å². The van der Waals surface area contributed by atoms with E-state index in [1.165, 1.54) is 7.11 Å². The van der Waals surface area contributed by atoms with Crippen molar-refractivity contribution >= 4 is 68.8 Å². The number of benzene rings is 1. The van der Waals surface area contributed by atoms with Crippen LogP contribution in [-0.2, 0) is 9.53 Å². The van der Waals surface area contributed by atoms with Gasteiger partial charge in [-0.1, -0.05) is 17.7 Å². The van der Waals surface area contributed by atoms with E-state index in [4.69, 9.17) is 28.6 Å². The Kier molecular flexibility index (Phi) is 7.22. The number of aromatic nitrogens is 2. The first kappa shape index (κ1) is 23.9. The molecule has 3 heterocycles. The third-order valence-corrected chi connectivity index (χ3v) is 7.54. The Balaban J connectivity index is 1.78. The molecule has 0 spiro atoms. The standard InChI is InChI=1S/C23H23ClIN5O2S/c1-12-19(20(25)13(2)27-12)22-21(17-6-4-5-9-26-17)29-23(33)30(22)14-7-8-16(15(24)10-14)28-18(31)11-32-3/h4-10,21-22,27H,11H2,1-3H3,(H,28,31)(H,29,33)/t21-,22+/m1/s1. The predicted octanol–water partition coefficient (Wildman–Crippen LogP) is 5.05. The van der Waals surface area contributed by atoms with Crippen molar-refractivity contribution in [1.29, 1.82) is 0 Å². The Morgan fingerprint density at radius 3 is 2.70 bits per heavy atom. The van der Waals surface area contributed by atoms with E-state index < -0.39 is 0 Å². The monoisotopic (exact) mass is 595 g/mol. The summed E-state index contributed by atoms with van der Waals surface area (Å²) in [7, 11) is 1.47. The average Bonchev–Trinajstić information content (AvgIpc) is 3.25. The third kappa shape index (κ3) is 4.72. The molecule has 4 rings (SSSR count). The normalized spacial score (nSPS) is 17.8. The molecule has 1 aromatic carbocycles. The molecule has 0 bridgehead atoms. The third-order valence-electron chi connectivity index (χ3n) is 5.52. The highest BCUT2D eigenvalue weighted by molar-refractivity contribution is 14.1. The van der Waals surface area contributed by atoms with E-state index in [2.05, 4.69) is 61.9 Å². The Bertz CT molecular complexity index is 1200. The van der Waals surface area contributed by atoms with Crippen LogP contribution in [0.1, 0.15) is 34.7 Å². The number of H-pyrrole nitrogens is 1. The number of methoxy groups -OCH3 is 1. The van der Waals surface area contributed by atoms with E-state index in [1.54, 1.807) is 12.3 Å². The number of anilines is 2. The van der Waals surface area contributed by atoms with Crippen LogP contribution >= 0.6 is 46.4 Å². The smallest absolute Gasteiger partial charge is 0.250 e. The van der Waals surface area contributed by atoms with Crippen molar-refractivity contribution in [2.24, 2.45) is 0 Å². The Morgan fingerprint density at radius 2 is 2.09 bits per heavy atom. The summed E-state index contributed by atoms with van der Waals surface area (Å²) in [5, 5.41) is 7.22. The van der Waals surface area contributed by atoms with Gasteiger partial charge in [0.1, 0.15) is 6.61 Å². The van der Waals surface area contributed by atoms with Gasteiger partial charge in [0.15, 0.2) is 5.11 Å². The van der Waals surface area contributed by atoms with Gasteiger partial charge in [-0.3, -0.25) is 9.78 Å². The SMILES string of the molecule is COCC(=O)Nc1ccc(N2C(=S)N[C@H](c3ccccn3)[C@@H]2c2c(C)[nH]c(C)c2I)cc1Cl. The van der Waals surface area contributed by atoms with Crippen LogP contribution in [0, 0.1) is 17.4 Å². The summed E-state index contributed by atoms with van der Waals surface area (Å²) < 4.78 is 6.03. The fraction of sp³-hybridized carbons (Fsp3) is 0.261. The molecule has 7 nitrogen and oxygen atoms in total. The zero-order valence-electron chi connectivity index (χ0n) is 18.3. The van der Waals surface area contributed by atoms with Crippen molar-refractivity contribution in [3.8, 4) is 0 Å². The molecule has 3 aromatic rings. The van der Waals surface area contributed by atoms with Crippen molar-refractivity contribution in [1.82, 2.24) is 15.3 Å². The van der Waals surface area contributed by atoms with Crippen molar-refractivity contribution < 1.29 is 9.53 Å². The van der Waals surface area contributed by atoms with Crippen LogP contribution in [0.15, 0.2) is 42.6 Å². The first-order valence-corrected chi connectivity index (χ1v) is 12.1. The van der Waals surface area contributed by atoms with Gasteiger partial charge in [-0.05, 0) is 79.0 Å². The molecule has 0 unspecified atom stereocenters. The molecule has 1 aliphatic rings. The highest BCUT2D eigenvalue weighted by Crippen LogP contribution is 2.45. The van der Waals surface area contributed by atoms with Crippen LogP contribution in [0.25, 0.3) is 0 Å². The van der Waals surface area contributed by atoms with Crippen molar-refractivity contribution in [2.75, 3.05) is 23.9 Å². The number of carbonyl (C=O) groups is 1. The number of nitrogens with one attached hydrogen (secondary N) is 3. The van der Waals surface area contributed by atoms with Crippen LogP contribution < -0.4 is 15.5 Å². The Morgan fingerprint density at radius 1 is 1.30 bits per heavy atom. The minimum atomic E-state index is -0.272. The molecule has 1 aliphatic heterocycles. The minimum absolute atomic E-state index is 0.0450. The fourth-order valence-corrected chi connectivity index (χ4v) is 5.55. The molecule has 1 saturated heterocycles. The van der Waals surface area contributed by atoms with Crippen LogP contribution in [0.2, 0.25) is 5.02 Å². The quantitative estimate of drug-likeness (QED) is 0.274. The Hall–Kier alpha value is -2.21. The summed E-state index contributed by atoms with van der Waals surface area (Å²) >= 11 is 14.7. The van der Waals surface area contributed by atoms with Gasteiger partial charge >= 0.3 is 0 Å². The molecular weight excluding hydrogens is 573 g/mol. The lowest BCUT2D eigenvalue weighted by Crippen LogP contribution is -2.30. The molecule has 3 N–H and O–H groups in total. The highest BCUT2D eigenvalue weighted by Gasteiger charge is 2.43. The maximum Gasteiger partial charge on any atom is 0.250 e. The summed E-state index contributed by atoms with van der Waals surface area (Å²) in [5.41, 5.74) is 5.57. The second kappa shape index (κ2) is 9.96. The summed E-state index contributed by atoms with van der Waals surface area (Å²) in [4.78, 5) is 22.0. The molecule has 33 heavy (non-hydrogen) atoms. The van der Waals surface area contributed by atoms with Gasteiger partial charge in [0.2, 0.25) is 5.91 Å². The lowest BCUT2D eigenvalue weighted by molar-refractivity contribution is -0.119.